The van der Waals surface area contributed by atoms with Gasteiger partial charge < -0.3 is 19.5 Å². The molecule has 1 aliphatic heterocycles. The van der Waals surface area contributed by atoms with Gasteiger partial charge in [0.05, 0.1) is 19.1 Å². The van der Waals surface area contributed by atoms with Crippen LogP contribution in [0.15, 0.2) is 59.8 Å². The third-order valence-corrected chi connectivity index (χ3v) is 10.4. The van der Waals surface area contributed by atoms with Gasteiger partial charge in [0.15, 0.2) is 27.9 Å². The molecule has 12 nitrogen and oxygen atoms in total. The molecule has 3 aliphatic rings. The Hall–Kier alpha value is -3.78. The molecule has 2 saturated carbocycles. The molecule has 3 N–H and O–H groups in total. The second-order valence-corrected chi connectivity index (χ2v) is 14.3. The van der Waals surface area contributed by atoms with Crippen LogP contribution in [0.25, 0.3) is 11.2 Å². The van der Waals surface area contributed by atoms with Gasteiger partial charge in [0.25, 0.3) is 0 Å². The number of thioether (sulfide) groups is 1. The van der Waals surface area contributed by atoms with E-state index >= 15 is 0 Å². The summed E-state index contributed by atoms with van der Waals surface area (Å²) >= 11 is 1.62. The van der Waals surface area contributed by atoms with Crippen molar-refractivity contribution in [2.45, 2.75) is 94.0 Å². The fourth-order valence-corrected chi connectivity index (χ4v) is 7.55. The van der Waals surface area contributed by atoms with E-state index in [1.54, 1.807) is 18.9 Å². The number of carbonyl (C=O) groups excluding carboxylic acids is 1. The Morgan fingerprint density at radius 3 is 2.62 bits per heavy atom. The van der Waals surface area contributed by atoms with E-state index in [1.165, 1.54) is 11.1 Å². The maximum absolute atomic E-state index is 13.6. The molecule has 3 fully saturated rings. The minimum Gasteiger partial charge on any atom is -0.497 e. The molecule has 0 radical (unpaired) electrons. The highest BCUT2D eigenvalue weighted by molar-refractivity contribution is 7.99. The van der Waals surface area contributed by atoms with Gasteiger partial charge in [-0.1, -0.05) is 66.4 Å². The fraction of sp³-hybridized carbons (Fsp3) is 0.514. The maximum atomic E-state index is 13.6. The smallest absolute Gasteiger partial charge is 0.240 e. The van der Waals surface area contributed by atoms with Gasteiger partial charge >= 0.3 is 0 Å². The number of nitrogens with one attached hydrogen (secondary N) is 3. The summed E-state index contributed by atoms with van der Waals surface area (Å²) in [7, 11) is 1.66. The summed E-state index contributed by atoms with van der Waals surface area (Å²) in [6.07, 6.45) is 3.44. The van der Waals surface area contributed by atoms with Gasteiger partial charge in [-0.15, -0.1) is 5.10 Å². The zero-order chi connectivity index (χ0) is 33.3. The van der Waals surface area contributed by atoms with E-state index in [0.717, 1.165) is 37.2 Å². The molecule has 2 aromatic carbocycles. The summed E-state index contributed by atoms with van der Waals surface area (Å²) in [6, 6.07) is 18.6. The number of nitrogens with zero attached hydrogens (tertiary/aromatic N) is 5. The van der Waals surface area contributed by atoms with Crippen molar-refractivity contribution in [3.63, 3.8) is 0 Å². The summed E-state index contributed by atoms with van der Waals surface area (Å²) in [4.78, 5) is 23.4. The minimum atomic E-state index is -0.836. The van der Waals surface area contributed by atoms with Gasteiger partial charge in [-0.3, -0.25) is 10.2 Å². The number of hydrogen-bond donors (Lipinski definition) is 3. The minimum absolute atomic E-state index is 0.125. The number of hydrogen-bond acceptors (Lipinski definition) is 11. The standard InChI is InChI=1S/C35H44N8O4S/c1-5-18-48-34-38-31(37-26-19-24(26)22-11-7-6-8-12-22)28-32(39-34)43(42-40-28)27-20-25(29-30(27)47-35(2,3)46-29)33(44)41-36-17-9-10-21-13-15-23(45-4)16-14-21/h6-8,11-16,24-27,29-30,36H,5,9-10,17-20H2,1-4H3,(H,41,44)(H,37,38,39). The van der Waals surface area contributed by atoms with E-state index in [4.69, 9.17) is 24.2 Å². The highest BCUT2D eigenvalue weighted by Gasteiger charge is 2.57. The maximum Gasteiger partial charge on any atom is 0.240 e. The average molecular weight is 673 g/mol. The number of methoxy groups -OCH3 is 1. The molecule has 3 heterocycles. The lowest BCUT2D eigenvalue weighted by Crippen LogP contribution is -2.45. The first-order chi connectivity index (χ1) is 23.3. The van der Waals surface area contributed by atoms with E-state index in [1.807, 2.05) is 36.7 Å². The molecule has 1 amide bonds. The number of benzene rings is 2. The first-order valence-electron chi connectivity index (χ1n) is 16.9. The Morgan fingerprint density at radius 2 is 1.85 bits per heavy atom. The van der Waals surface area contributed by atoms with Crippen LogP contribution in [0.4, 0.5) is 5.82 Å². The van der Waals surface area contributed by atoms with Crippen LogP contribution in [0.2, 0.25) is 0 Å². The Bertz CT molecular complexity index is 1720. The molecule has 13 heteroatoms. The van der Waals surface area contributed by atoms with Gasteiger partial charge in [-0.05, 0) is 69.2 Å². The number of anilines is 1. The molecule has 7 rings (SSSR count). The highest BCUT2D eigenvalue weighted by atomic mass is 32.2. The van der Waals surface area contributed by atoms with Crippen LogP contribution in [0.5, 0.6) is 5.75 Å². The van der Waals surface area contributed by atoms with Crippen LogP contribution in [0.3, 0.4) is 0 Å². The molecule has 6 atom stereocenters. The van der Waals surface area contributed by atoms with Crippen molar-refractivity contribution in [2.24, 2.45) is 5.92 Å². The van der Waals surface area contributed by atoms with Gasteiger partial charge in [0.2, 0.25) is 5.91 Å². The highest BCUT2D eigenvalue weighted by Crippen LogP contribution is 2.48. The first-order valence-corrected chi connectivity index (χ1v) is 17.9. The molecular weight excluding hydrogens is 629 g/mol. The van der Waals surface area contributed by atoms with Gasteiger partial charge in [0, 0.05) is 24.3 Å². The Balaban J connectivity index is 1.06. The molecule has 0 spiro atoms. The Morgan fingerprint density at radius 1 is 1.06 bits per heavy atom. The summed E-state index contributed by atoms with van der Waals surface area (Å²) in [5.74, 6) is 1.46. The molecule has 48 heavy (non-hydrogen) atoms. The van der Waals surface area contributed by atoms with Crippen LogP contribution in [0.1, 0.15) is 69.5 Å². The fourth-order valence-electron chi connectivity index (χ4n) is 6.86. The Labute approximate surface area is 285 Å². The normalized spacial score (nSPS) is 25.6. The lowest BCUT2D eigenvalue weighted by atomic mass is 10.1. The summed E-state index contributed by atoms with van der Waals surface area (Å²) in [5, 5.41) is 13.5. The van der Waals surface area contributed by atoms with Crippen LogP contribution >= 0.6 is 11.8 Å². The lowest BCUT2D eigenvalue weighted by molar-refractivity contribution is -0.163. The van der Waals surface area contributed by atoms with E-state index in [0.29, 0.717) is 41.0 Å². The third kappa shape index (κ3) is 7.00. The van der Waals surface area contributed by atoms with E-state index in [2.05, 4.69) is 69.8 Å². The molecule has 4 aromatic rings. The van der Waals surface area contributed by atoms with Crippen molar-refractivity contribution >= 4 is 34.7 Å². The molecule has 1 saturated heterocycles. The second-order valence-electron chi connectivity index (χ2n) is 13.3. The number of aromatic nitrogens is 5. The van der Waals surface area contributed by atoms with Crippen molar-refractivity contribution in [3.05, 3.63) is 65.7 Å². The molecule has 6 unspecified atom stereocenters. The third-order valence-electron chi connectivity index (χ3n) is 9.30. The number of ether oxygens (including phenoxy) is 3. The van der Waals surface area contributed by atoms with E-state index in [9.17, 15) is 4.79 Å². The molecular formula is C35H44N8O4S. The van der Waals surface area contributed by atoms with Crippen molar-refractivity contribution in [3.8, 4) is 5.75 Å². The second kappa shape index (κ2) is 14.0. The first kappa shape index (κ1) is 32.8. The summed E-state index contributed by atoms with van der Waals surface area (Å²) in [5.41, 5.74) is 9.85. The van der Waals surface area contributed by atoms with Crippen LogP contribution < -0.4 is 20.9 Å². The van der Waals surface area contributed by atoms with Crippen molar-refractivity contribution in [1.29, 1.82) is 0 Å². The summed E-state index contributed by atoms with van der Waals surface area (Å²) in [6.45, 7) is 6.55. The van der Waals surface area contributed by atoms with E-state index in [-0.39, 0.29) is 24.1 Å². The topological polar surface area (TPSA) is 137 Å². The SMILES string of the molecule is CCCSc1nc(NC2CC2c2ccccc2)c2nnn(C3CC(C(=O)NNCCCc4ccc(OC)cc4)C4OC(C)(C)OC43)c2n1. The number of hydrazine groups is 1. The monoisotopic (exact) mass is 672 g/mol. The van der Waals surface area contributed by atoms with Gasteiger partial charge in [-0.25, -0.2) is 20.1 Å². The molecule has 0 bridgehead atoms. The quantitative estimate of drug-likeness (QED) is 0.0720. The average Bonchev–Trinajstić information content (AvgIpc) is 3.42. The van der Waals surface area contributed by atoms with Gasteiger partial charge in [-0.2, -0.15) is 0 Å². The molecule has 254 valence electrons. The number of carbonyl (C=O) groups is 1. The zero-order valence-corrected chi connectivity index (χ0v) is 28.7. The number of aryl methyl sites for hydroxylation is 1. The predicted molar refractivity (Wildman–Crippen MR) is 184 cm³/mol. The predicted octanol–water partition coefficient (Wildman–Crippen LogP) is 5.03. The molecule has 2 aliphatic carbocycles. The van der Waals surface area contributed by atoms with Crippen molar-refractivity contribution in [2.75, 3.05) is 24.7 Å². The van der Waals surface area contributed by atoms with Crippen LogP contribution in [-0.4, -0.2) is 74.3 Å². The van der Waals surface area contributed by atoms with E-state index < -0.39 is 17.8 Å². The molecule has 2 aromatic heterocycles. The largest absolute Gasteiger partial charge is 0.497 e. The lowest BCUT2D eigenvalue weighted by Gasteiger charge is -2.23. The zero-order valence-electron chi connectivity index (χ0n) is 27.9. The van der Waals surface area contributed by atoms with Crippen LogP contribution in [-0.2, 0) is 20.7 Å². The van der Waals surface area contributed by atoms with Crippen molar-refractivity contribution in [1.82, 2.24) is 35.8 Å². The van der Waals surface area contributed by atoms with Crippen molar-refractivity contribution < 1.29 is 19.0 Å². The summed E-state index contributed by atoms with van der Waals surface area (Å²) < 4.78 is 19.8. The Kier molecular flexibility index (Phi) is 9.54. The number of rotatable bonds is 14. The number of amides is 1. The van der Waals surface area contributed by atoms with Gasteiger partial charge in [0.1, 0.15) is 18.0 Å². The van der Waals surface area contributed by atoms with Crippen LogP contribution in [0, 0.1) is 5.92 Å². The number of fused-ring (bicyclic) bond motifs is 2.